The van der Waals surface area contributed by atoms with Gasteiger partial charge in [0.15, 0.2) is 0 Å². The van der Waals surface area contributed by atoms with Gasteiger partial charge in [-0.25, -0.2) is 18.1 Å². The molecular formula is C11H18Cl2N4O2S. The zero-order valence-electron chi connectivity index (χ0n) is 11.7. The van der Waals surface area contributed by atoms with E-state index in [0.29, 0.717) is 28.2 Å². The van der Waals surface area contributed by atoms with Crippen LogP contribution in [0, 0.1) is 0 Å². The summed E-state index contributed by atoms with van der Waals surface area (Å²) in [6, 6.07) is 1.57. The van der Waals surface area contributed by atoms with E-state index in [1.54, 1.807) is 27.0 Å². The summed E-state index contributed by atoms with van der Waals surface area (Å²) < 4.78 is 25.0. The molecule has 0 unspecified atom stereocenters. The van der Waals surface area contributed by atoms with Crippen molar-refractivity contribution in [1.82, 2.24) is 9.71 Å². The zero-order valence-corrected chi connectivity index (χ0v) is 14.0. The van der Waals surface area contributed by atoms with Gasteiger partial charge in [0.2, 0.25) is 10.0 Å². The first-order chi connectivity index (χ1) is 9.04. The number of aromatic nitrogens is 1. The summed E-state index contributed by atoms with van der Waals surface area (Å²) in [5, 5.41) is 6.63. The molecule has 20 heavy (non-hydrogen) atoms. The highest BCUT2D eigenvalue weighted by molar-refractivity contribution is 7.88. The Balaban J connectivity index is 2.84. The SMILES string of the molecule is CNc1nc(NCC(C)(C)NS(C)(=O)=O)c(Cl)cc1Cl. The average Bonchev–Trinajstić information content (AvgIpc) is 2.24. The number of nitrogens with one attached hydrogen (secondary N) is 3. The predicted molar refractivity (Wildman–Crippen MR) is 84.4 cm³/mol. The van der Waals surface area contributed by atoms with Crippen molar-refractivity contribution < 1.29 is 8.42 Å². The summed E-state index contributed by atoms with van der Waals surface area (Å²) >= 11 is 12.0. The molecule has 1 aromatic heterocycles. The Morgan fingerprint density at radius 2 is 1.80 bits per heavy atom. The highest BCUT2D eigenvalue weighted by Crippen LogP contribution is 2.29. The lowest BCUT2D eigenvalue weighted by Gasteiger charge is -2.26. The van der Waals surface area contributed by atoms with Crippen molar-refractivity contribution in [2.75, 3.05) is 30.5 Å². The first kappa shape index (κ1) is 17.3. The van der Waals surface area contributed by atoms with Gasteiger partial charge < -0.3 is 10.6 Å². The Kier molecular flexibility index (Phi) is 5.48. The average molecular weight is 341 g/mol. The third-order valence-corrected chi connectivity index (χ3v) is 3.83. The molecule has 3 N–H and O–H groups in total. The van der Waals surface area contributed by atoms with Crippen LogP contribution in [0.1, 0.15) is 13.8 Å². The maximum absolute atomic E-state index is 11.3. The van der Waals surface area contributed by atoms with E-state index in [2.05, 4.69) is 20.3 Å². The lowest BCUT2D eigenvalue weighted by molar-refractivity contribution is 0.476. The summed E-state index contributed by atoms with van der Waals surface area (Å²) in [6.45, 7) is 3.82. The molecule has 0 fully saturated rings. The molecule has 0 aliphatic rings. The van der Waals surface area contributed by atoms with E-state index in [0.717, 1.165) is 6.26 Å². The van der Waals surface area contributed by atoms with E-state index < -0.39 is 15.6 Å². The molecule has 0 atom stereocenters. The molecule has 0 aromatic carbocycles. The molecule has 0 spiro atoms. The third-order valence-electron chi connectivity index (χ3n) is 2.33. The van der Waals surface area contributed by atoms with Gasteiger partial charge in [0.05, 0.1) is 16.3 Å². The van der Waals surface area contributed by atoms with Crippen molar-refractivity contribution in [3.8, 4) is 0 Å². The zero-order chi connectivity index (χ0) is 15.6. The fourth-order valence-corrected chi connectivity index (χ4v) is 3.20. The van der Waals surface area contributed by atoms with Gasteiger partial charge in [-0.2, -0.15) is 0 Å². The molecule has 0 radical (unpaired) electrons. The lowest BCUT2D eigenvalue weighted by atomic mass is 10.1. The summed E-state index contributed by atoms with van der Waals surface area (Å²) in [7, 11) is -1.60. The minimum atomic E-state index is -3.29. The Morgan fingerprint density at radius 3 is 2.30 bits per heavy atom. The van der Waals surface area contributed by atoms with Crippen molar-refractivity contribution in [1.29, 1.82) is 0 Å². The number of pyridine rings is 1. The van der Waals surface area contributed by atoms with Crippen molar-refractivity contribution in [3.63, 3.8) is 0 Å². The van der Waals surface area contributed by atoms with E-state index in [4.69, 9.17) is 23.2 Å². The Labute approximate surface area is 129 Å². The lowest BCUT2D eigenvalue weighted by Crippen LogP contribution is -2.47. The summed E-state index contributed by atoms with van der Waals surface area (Å²) in [5.41, 5.74) is -0.683. The molecule has 0 saturated carbocycles. The summed E-state index contributed by atoms with van der Waals surface area (Å²) in [6.07, 6.45) is 1.11. The Bertz CT molecular complexity index is 590. The van der Waals surface area contributed by atoms with Crippen molar-refractivity contribution >= 4 is 44.9 Å². The Hall–Kier alpha value is -0.760. The van der Waals surface area contributed by atoms with Crippen LogP contribution in [0.15, 0.2) is 6.07 Å². The quantitative estimate of drug-likeness (QED) is 0.739. The molecule has 1 heterocycles. The van der Waals surface area contributed by atoms with E-state index in [1.165, 1.54) is 0 Å². The van der Waals surface area contributed by atoms with Gasteiger partial charge in [-0.3, -0.25) is 0 Å². The summed E-state index contributed by atoms with van der Waals surface area (Å²) in [5.74, 6) is 0.927. The molecule has 6 nitrogen and oxygen atoms in total. The van der Waals surface area contributed by atoms with Gasteiger partial charge in [0.25, 0.3) is 0 Å². The van der Waals surface area contributed by atoms with Crippen LogP contribution >= 0.6 is 23.2 Å². The van der Waals surface area contributed by atoms with Gasteiger partial charge in [-0.15, -0.1) is 0 Å². The highest BCUT2D eigenvalue weighted by Gasteiger charge is 2.22. The first-order valence-corrected chi connectivity index (χ1v) is 8.45. The monoisotopic (exact) mass is 340 g/mol. The van der Waals surface area contributed by atoms with Crippen LogP contribution in [0.3, 0.4) is 0 Å². The number of nitrogens with zero attached hydrogens (tertiary/aromatic N) is 1. The molecule has 0 bridgehead atoms. The smallest absolute Gasteiger partial charge is 0.209 e. The molecule has 0 saturated heterocycles. The number of hydrogen-bond acceptors (Lipinski definition) is 5. The van der Waals surface area contributed by atoms with Crippen LogP contribution in [0.5, 0.6) is 0 Å². The van der Waals surface area contributed by atoms with Crippen LogP contribution in [0.4, 0.5) is 11.6 Å². The van der Waals surface area contributed by atoms with Crippen molar-refractivity contribution in [2.45, 2.75) is 19.4 Å². The van der Waals surface area contributed by atoms with Gasteiger partial charge >= 0.3 is 0 Å². The molecule has 1 rings (SSSR count). The standard InChI is InChI=1S/C11H18Cl2N4O2S/c1-11(2,17-20(4,18)19)6-15-10-8(13)5-7(12)9(14-3)16-10/h5,17H,6H2,1-4H3,(H2,14,15,16). The maximum Gasteiger partial charge on any atom is 0.209 e. The van der Waals surface area contributed by atoms with Gasteiger partial charge in [0, 0.05) is 19.1 Å². The molecule has 1 aromatic rings. The van der Waals surface area contributed by atoms with Gasteiger partial charge in [-0.1, -0.05) is 23.2 Å². The summed E-state index contributed by atoms with van der Waals surface area (Å²) in [4.78, 5) is 4.23. The van der Waals surface area contributed by atoms with Crippen LogP contribution in [-0.2, 0) is 10.0 Å². The van der Waals surface area contributed by atoms with E-state index in [-0.39, 0.29) is 0 Å². The minimum Gasteiger partial charge on any atom is -0.372 e. The number of sulfonamides is 1. The van der Waals surface area contributed by atoms with Crippen LogP contribution in [0.2, 0.25) is 10.0 Å². The maximum atomic E-state index is 11.3. The van der Waals surface area contributed by atoms with E-state index in [9.17, 15) is 8.42 Å². The van der Waals surface area contributed by atoms with Crippen LogP contribution in [-0.4, -0.2) is 38.8 Å². The van der Waals surface area contributed by atoms with Crippen molar-refractivity contribution in [3.05, 3.63) is 16.1 Å². The van der Waals surface area contributed by atoms with E-state index in [1.807, 2.05) is 0 Å². The second-order valence-electron chi connectivity index (χ2n) is 5.01. The van der Waals surface area contributed by atoms with Crippen LogP contribution in [0.25, 0.3) is 0 Å². The third kappa shape index (κ3) is 5.32. The fraction of sp³-hybridized carbons (Fsp3) is 0.545. The number of hydrogen-bond donors (Lipinski definition) is 3. The molecule has 114 valence electrons. The molecular weight excluding hydrogens is 323 g/mol. The Morgan fingerprint density at radius 1 is 1.25 bits per heavy atom. The molecule has 0 aliphatic heterocycles. The van der Waals surface area contributed by atoms with E-state index >= 15 is 0 Å². The molecule has 0 amide bonds. The molecule has 0 aliphatic carbocycles. The number of anilines is 2. The normalized spacial score (nSPS) is 12.3. The van der Waals surface area contributed by atoms with Crippen molar-refractivity contribution in [2.24, 2.45) is 0 Å². The van der Waals surface area contributed by atoms with Gasteiger partial charge in [-0.05, 0) is 19.9 Å². The first-order valence-electron chi connectivity index (χ1n) is 5.81. The molecule has 9 heteroatoms. The van der Waals surface area contributed by atoms with Gasteiger partial charge in [0.1, 0.15) is 11.6 Å². The highest BCUT2D eigenvalue weighted by atomic mass is 35.5. The second kappa shape index (κ2) is 6.34. The minimum absolute atomic E-state index is 0.317. The topological polar surface area (TPSA) is 83.1 Å². The second-order valence-corrected chi connectivity index (χ2v) is 7.57. The predicted octanol–water partition coefficient (Wildman–Crippen LogP) is 2.17. The van der Waals surface area contributed by atoms with Crippen LogP contribution < -0.4 is 15.4 Å². The number of rotatable bonds is 6. The largest absolute Gasteiger partial charge is 0.372 e. The number of halogens is 2. The fourth-order valence-electron chi connectivity index (χ4n) is 1.61.